The van der Waals surface area contributed by atoms with E-state index >= 15 is 0 Å². The zero-order chi connectivity index (χ0) is 10.7. The first-order chi connectivity index (χ1) is 7.31. The van der Waals surface area contributed by atoms with Crippen molar-refractivity contribution in [1.29, 1.82) is 0 Å². The number of alkyl halides is 1. The summed E-state index contributed by atoms with van der Waals surface area (Å²) in [6.07, 6.45) is 0. The van der Waals surface area contributed by atoms with Crippen LogP contribution in [0.25, 0.3) is 10.9 Å². The molecule has 0 saturated heterocycles. The van der Waals surface area contributed by atoms with E-state index in [4.69, 9.17) is 23.2 Å². The van der Waals surface area contributed by atoms with Crippen LogP contribution in [0, 0.1) is 11.8 Å². The fourth-order valence-corrected chi connectivity index (χ4v) is 1.57. The number of fused-ring (bicyclic) bond motifs is 1. The summed E-state index contributed by atoms with van der Waals surface area (Å²) in [6.45, 7) is 0. The van der Waals surface area contributed by atoms with E-state index in [1.54, 1.807) is 0 Å². The predicted octanol–water partition coefficient (Wildman–Crippen LogP) is 3.48. The standard InChI is InChI=1S/C12H7Cl2N/c13-7-3-5-10-8-9-4-1-2-6-11(9)15-12(10)14/h1-2,4,6,8H,7H2. The summed E-state index contributed by atoms with van der Waals surface area (Å²) in [5.41, 5.74) is 1.59. The summed E-state index contributed by atoms with van der Waals surface area (Å²) in [5.74, 6) is 5.93. The Labute approximate surface area is 98.0 Å². The molecule has 0 radical (unpaired) electrons. The van der Waals surface area contributed by atoms with Gasteiger partial charge in [0.05, 0.1) is 17.0 Å². The number of pyridine rings is 1. The lowest BCUT2D eigenvalue weighted by atomic mass is 10.1. The number of hydrogen-bond acceptors (Lipinski definition) is 1. The van der Waals surface area contributed by atoms with Crippen molar-refractivity contribution in [2.45, 2.75) is 0 Å². The normalized spacial score (nSPS) is 9.73. The quantitative estimate of drug-likeness (QED) is 0.387. The predicted molar refractivity (Wildman–Crippen MR) is 64.4 cm³/mol. The average Bonchev–Trinajstić information content (AvgIpc) is 2.26. The first kappa shape index (κ1) is 10.3. The van der Waals surface area contributed by atoms with Crippen molar-refractivity contribution < 1.29 is 0 Å². The highest BCUT2D eigenvalue weighted by molar-refractivity contribution is 6.31. The van der Waals surface area contributed by atoms with E-state index in [2.05, 4.69) is 16.8 Å². The zero-order valence-corrected chi connectivity index (χ0v) is 9.31. The lowest BCUT2D eigenvalue weighted by Gasteiger charge is -1.99. The molecule has 0 aliphatic carbocycles. The third kappa shape index (κ3) is 2.23. The van der Waals surface area contributed by atoms with E-state index in [0.717, 1.165) is 16.5 Å². The first-order valence-electron chi connectivity index (χ1n) is 4.41. The topological polar surface area (TPSA) is 12.9 Å². The molecule has 1 aromatic heterocycles. The summed E-state index contributed by atoms with van der Waals surface area (Å²) in [7, 11) is 0. The summed E-state index contributed by atoms with van der Waals surface area (Å²) in [4.78, 5) is 4.25. The third-order valence-electron chi connectivity index (χ3n) is 1.97. The van der Waals surface area contributed by atoms with E-state index in [-0.39, 0.29) is 0 Å². The van der Waals surface area contributed by atoms with E-state index in [0.29, 0.717) is 11.0 Å². The Morgan fingerprint density at radius 3 is 2.87 bits per heavy atom. The minimum atomic E-state index is 0.295. The molecular weight excluding hydrogens is 229 g/mol. The molecule has 0 unspecified atom stereocenters. The van der Waals surface area contributed by atoms with E-state index in [1.165, 1.54) is 0 Å². The summed E-state index contributed by atoms with van der Waals surface area (Å²) < 4.78 is 0. The molecule has 1 heterocycles. The van der Waals surface area contributed by atoms with Crippen LogP contribution in [-0.2, 0) is 0 Å². The lowest BCUT2D eigenvalue weighted by molar-refractivity contribution is 1.39. The number of rotatable bonds is 0. The molecule has 0 saturated carbocycles. The first-order valence-corrected chi connectivity index (χ1v) is 5.32. The Balaban J connectivity index is 2.62. The molecule has 0 amide bonds. The molecule has 0 spiro atoms. The van der Waals surface area contributed by atoms with Crippen LogP contribution in [0.15, 0.2) is 30.3 Å². The maximum absolute atomic E-state index is 5.98. The van der Waals surface area contributed by atoms with E-state index in [9.17, 15) is 0 Å². The molecule has 2 rings (SSSR count). The van der Waals surface area contributed by atoms with Crippen molar-refractivity contribution in [3.05, 3.63) is 41.0 Å². The molecule has 2 aromatic rings. The number of nitrogens with zero attached hydrogens (tertiary/aromatic N) is 1. The fourth-order valence-electron chi connectivity index (χ4n) is 1.31. The Bertz CT molecular complexity index is 552. The van der Waals surface area contributed by atoms with Crippen molar-refractivity contribution in [3.8, 4) is 11.8 Å². The van der Waals surface area contributed by atoms with Crippen molar-refractivity contribution in [2.24, 2.45) is 0 Å². The number of halogens is 2. The highest BCUT2D eigenvalue weighted by atomic mass is 35.5. The second-order valence-electron chi connectivity index (χ2n) is 2.95. The van der Waals surface area contributed by atoms with Gasteiger partial charge in [0.2, 0.25) is 0 Å². The number of benzene rings is 1. The van der Waals surface area contributed by atoms with Gasteiger partial charge in [-0.25, -0.2) is 4.98 Å². The van der Waals surface area contributed by atoms with Gasteiger partial charge in [-0.2, -0.15) is 0 Å². The van der Waals surface area contributed by atoms with Crippen molar-refractivity contribution in [3.63, 3.8) is 0 Å². The number of aromatic nitrogens is 1. The van der Waals surface area contributed by atoms with E-state index in [1.807, 2.05) is 30.3 Å². The van der Waals surface area contributed by atoms with Crippen LogP contribution in [0.5, 0.6) is 0 Å². The van der Waals surface area contributed by atoms with Crippen LogP contribution in [0.1, 0.15) is 5.56 Å². The summed E-state index contributed by atoms with van der Waals surface area (Å²) in [6, 6.07) is 9.70. The largest absolute Gasteiger partial charge is 0.235 e. The van der Waals surface area contributed by atoms with Gasteiger partial charge < -0.3 is 0 Å². The van der Waals surface area contributed by atoms with Crippen LogP contribution in [0.3, 0.4) is 0 Å². The zero-order valence-electron chi connectivity index (χ0n) is 7.80. The molecule has 0 fully saturated rings. The molecule has 3 heteroatoms. The minimum Gasteiger partial charge on any atom is -0.235 e. The van der Waals surface area contributed by atoms with Gasteiger partial charge in [-0.1, -0.05) is 41.6 Å². The van der Waals surface area contributed by atoms with Gasteiger partial charge in [-0.15, -0.1) is 11.6 Å². The third-order valence-corrected chi connectivity index (χ3v) is 2.39. The smallest absolute Gasteiger partial charge is 0.145 e. The Morgan fingerprint density at radius 2 is 2.07 bits per heavy atom. The molecule has 0 aliphatic heterocycles. The van der Waals surface area contributed by atoms with Gasteiger partial charge >= 0.3 is 0 Å². The molecule has 0 aliphatic rings. The van der Waals surface area contributed by atoms with Crippen LogP contribution < -0.4 is 0 Å². The molecule has 0 atom stereocenters. The average molecular weight is 236 g/mol. The van der Waals surface area contributed by atoms with Crippen LogP contribution in [-0.4, -0.2) is 10.9 Å². The number of para-hydroxylation sites is 1. The molecule has 1 aromatic carbocycles. The van der Waals surface area contributed by atoms with Gasteiger partial charge in [0, 0.05) is 5.39 Å². The summed E-state index contributed by atoms with van der Waals surface area (Å²) >= 11 is 11.5. The highest BCUT2D eigenvalue weighted by Crippen LogP contribution is 2.19. The molecular formula is C12H7Cl2N. The van der Waals surface area contributed by atoms with Crippen LogP contribution in [0.4, 0.5) is 0 Å². The van der Waals surface area contributed by atoms with Crippen molar-refractivity contribution in [2.75, 3.05) is 5.88 Å². The maximum Gasteiger partial charge on any atom is 0.145 e. The van der Waals surface area contributed by atoms with E-state index < -0.39 is 0 Å². The molecule has 0 N–H and O–H groups in total. The van der Waals surface area contributed by atoms with Gasteiger partial charge in [0.25, 0.3) is 0 Å². The lowest BCUT2D eigenvalue weighted by Crippen LogP contribution is -1.85. The molecule has 74 valence electrons. The number of hydrogen-bond donors (Lipinski definition) is 0. The fraction of sp³-hybridized carbons (Fsp3) is 0.0833. The second kappa shape index (κ2) is 4.53. The van der Waals surface area contributed by atoms with Gasteiger partial charge in [0.15, 0.2) is 0 Å². The highest BCUT2D eigenvalue weighted by Gasteiger charge is 2.01. The van der Waals surface area contributed by atoms with Crippen molar-refractivity contribution >= 4 is 34.1 Å². The monoisotopic (exact) mass is 235 g/mol. The Kier molecular flexibility index (Phi) is 3.11. The van der Waals surface area contributed by atoms with Gasteiger partial charge in [0.1, 0.15) is 5.15 Å². The second-order valence-corrected chi connectivity index (χ2v) is 3.58. The minimum absolute atomic E-state index is 0.295. The van der Waals surface area contributed by atoms with Crippen LogP contribution >= 0.6 is 23.2 Å². The Morgan fingerprint density at radius 1 is 1.27 bits per heavy atom. The SMILES string of the molecule is ClCC#Cc1cc2ccccc2nc1Cl. The molecule has 1 nitrogen and oxygen atoms in total. The van der Waals surface area contributed by atoms with Gasteiger partial charge in [-0.3, -0.25) is 0 Å². The molecule has 0 bridgehead atoms. The van der Waals surface area contributed by atoms with Crippen molar-refractivity contribution in [1.82, 2.24) is 4.98 Å². The molecule has 15 heavy (non-hydrogen) atoms. The maximum atomic E-state index is 5.98. The summed E-state index contributed by atoms with van der Waals surface area (Å²) in [5, 5.41) is 1.45. The van der Waals surface area contributed by atoms with Crippen LogP contribution in [0.2, 0.25) is 5.15 Å². The Hall–Kier alpha value is -1.23. The van der Waals surface area contributed by atoms with Gasteiger partial charge in [-0.05, 0) is 12.1 Å².